The highest BCUT2D eigenvalue weighted by Gasteiger charge is 2.22. The van der Waals surface area contributed by atoms with Gasteiger partial charge in [0.1, 0.15) is 0 Å². The molecule has 0 bridgehead atoms. The highest BCUT2D eigenvalue weighted by molar-refractivity contribution is 5.94. The first-order valence-electron chi connectivity index (χ1n) is 9.71. The third-order valence-corrected chi connectivity index (χ3v) is 5.44. The molecule has 3 aromatic rings. The maximum absolute atomic E-state index is 12.6. The van der Waals surface area contributed by atoms with Gasteiger partial charge in [-0.25, -0.2) is 0 Å². The van der Waals surface area contributed by atoms with E-state index in [-0.39, 0.29) is 11.5 Å². The fourth-order valence-electron chi connectivity index (χ4n) is 3.96. The Balaban J connectivity index is 1.46. The van der Waals surface area contributed by atoms with Crippen molar-refractivity contribution in [2.45, 2.75) is 20.4 Å². The van der Waals surface area contributed by atoms with Crippen LogP contribution in [0.15, 0.2) is 53.3 Å². The van der Waals surface area contributed by atoms with Gasteiger partial charge in [0.25, 0.3) is 11.5 Å². The summed E-state index contributed by atoms with van der Waals surface area (Å²) in [6.07, 6.45) is 0. The van der Waals surface area contributed by atoms with Crippen molar-refractivity contribution < 1.29 is 4.79 Å². The minimum absolute atomic E-state index is 0.0257. The molecule has 1 aliphatic rings. The molecule has 0 unspecified atom stereocenters. The highest BCUT2D eigenvalue weighted by Crippen LogP contribution is 2.19. The van der Waals surface area contributed by atoms with E-state index in [1.165, 1.54) is 5.56 Å². The van der Waals surface area contributed by atoms with E-state index in [9.17, 15) is 9.59 Å². The number of amides is 1. The number of aromatic amines is 1. The lowest BCUT2D eigenvalue weighted by atomic mass is 10.0. The number of rotatable bonds is 3. The summed E-state index contributed by atoms with van der Waals surface area (Å²) in [4.78, 5) is 32.3. The molecule has 1 aromatic heterocycles. The number of hydrogen-bond acceptors (Lipinski definition) is 3. The Morgan fingerprint density at radius 2 is 1.71 bits per heavy atom. The Kier molecular flexibility index (Phi) is 5.01. The first kappa shape index (κ1) is 18.4. The van der Waals surface area contributed by atoms with Crippen molar-refractivity contribution in [2.75, 3.05) is 26.2 Å². The van der Waals surface area contributed by atoms with E-state index in [4.69, 9.17) is 0 Å². The monoisotopic (exact) mass is 375 g/mol. The third-order valence-electron chi connectivity index (χ3n) is 5.44. The molecule has 1 amide bonds. The Morgan fingerprint density at radius 3 is 2.43 bits per heavy atom. The van der Waals surface area contributed by atoms with E-state index in [1.54, 1.807) is 0 Å². The van der Waals surface area contributed by atoms with E-state index in [0.29, 0.717) is 19.6 Å². The van der Waals surface area contributed by atoms with Crippen molar-refractivity contribution in [1.82, 2.24) is 14.8 Å². The number of aromatic nitrogens is 1. The van der Waals surface area contributed by atoms with Crippen LogP contribution < -0.4 is 5.56 Å². The predicted octanol–water partition coefficient (Wildman–Crippen LogP) is 3.10. The van der Waals surface area contributed by atoms with Gasteiger partial charge in [-0.05, 0) is 49.1 Å². The van der Waals surface area contributed by atoms with Gasteiger partial charge in [0.05, 0.1) is 5.52 Å². The minimum Gasteiger partial charge on any atom is -0.336 e. The summed E-state index contributed by atoms with van der Waals surface area (Å²) in [7, 11) is 0. The largest absolute Gasteiger partial charge is 0.336 e. The second-order valence-electron chi connectivity index (χ2n) is 7.60. The molecule has 1 fully saturated rings. The molecule has 2 aromatic carbocycles. The molecule has 1 saturated heterocycles. The van der Waals surface area contributed by atoms with Crippen LogP contribution >= 0.6 is 0 Å². The van der Waals surface area contributed by atoms with Crippen LogP contribution in [0.3, 0.4) is 0 Å². The van der Waals surface area contributed by atoms with E-state index >= 15 is 0 Å². The normalized spacial score (nSPS) is 15.1. The van der Waals surface area contributed by atoms with Gasteiger partial charge in [0.15, 0.2) is 0 Å². The zero-order chi connectivity index (χ0) is 19.7. The molecule has 0 radical (unpaired) electrons. The molecular formula is C23H25N3O2. The van der Waals surface area contributed by atoms with Crippen molar-refractivity contribution in [3.63, 3.8) is 0 Å². The maximum Gasteiger partial charge on any atom is 0.253 e. The molecule has 1 N–H and O–H groups in total. The summed E-state index contributed by atoms with van der Waals surface area (Å²) in [6.45, 7) is 7.58. The van der Waals surface area contributed by atoms with E-state index in [2.05, 4.69) is 28.9 Å². The van der Waals surface area contributed by atoms with Crippen LogP contribution in [0, 0.1) is 13.8 Å². The number of fused-ring (bicyclic) bond motifs is 1. The molecule has 0 atom stereocenters. The van der Waals surface area contributed by atoms with Crippen LogP contribution in [0.5, 0.6) is 0 Å². The second kappa shape index (κ2) is 7.60. The van der Waals surface area contributed by atoms with Crippen LogP contribution in [-0.4, -0.2) is 46.9 Å². The van der Waals surface area contributed by atoms with Crippen molar-refractivity contribution in [2.24, 2.45) is 0 Å². The number of hydrogen-bond donors (Lipinski definition) is 1. The van der Waals surface area contributed by atoms with Crippen LogP contribution in [0.4, 0.5) is 0 Å². The summed E-state index contributed by atoms with van der Waals surface area (Å²) in [5.74, 6) is 0.0785. The molecule has 4 rings (SSSR count). The topological polar surface area (TPSA) is 56.4 Å². The standard InChI is InChI=1S/C23H25N3O2/c1-16-12-17(2)21-19(13-16)14-20(22(27)24-21)15-25-8-10-26(11-9-25)23(28)18-6-4-3-5-7-18/h3-7,12-14H,8-11,15H2,1-2H3,(H,24,27). The number of H-pyrrole nitrogens is 1. The first-order valence-corrected chi connectivity index (χ1v) is 9.71. The Morgan fingerprint density at radius 1 is 1.00 bits per heavy atom. The Bertz CT molecular complexity index is 1060. The Labute approximate surface area is 164 Å². The lowest BCUT2D eigenvalue weighted by molar-refractivity contribution is 0.0628. The van der Waals surface area contributed by atoms with Crippen molar-refractivity contribution in [1.29, 1.82) is 0 Å². The number of nitrogens with zero attached hydrogens (tertiary/aromatic N) is 2. The summed E-state index contributed by atoms with van der Waals surface area (Å²) in [6, 6.07) is 15.6. The SMILES string of the molecule is Cc1cc(C)c2[nH]c(=O)c(CN3CCN(C(=O)c4ccccc4)CC3)cc2c1. The molecule has 5 nitrogen and oxygen atoms in total. The zero-order valence-electron chi connectivity index (χ0n) is 16.4. The summed E-state index contributed by atoms with van der Waals surface area (Å²) in [5.41, 5.74) is 4.68. The molecule has 144 valence electrons. The quantitative estimate of drug-likeness (QED) is 0.765. The number of nitrogens with one attached hydrogen (secondary N) is 1. The third kappa shape index (κ3) is 3.71. The fraction of sp³-hybridized carbons (Fsp3) is 0.304. The van der Waals surface area contributed by atoms with E-state index < -0.39 is 0 Å². The number of benzene rings is 2. The molecule has 28 heavy (non-hydrogen) atoms. The highest BCUT2D eigenvalue weighted by atomic mass is 16.2. The average molecular weight is 375 g/mol. The number of carbonyl (C=O) groups is 1. The zero-order valence-corrected chi connectivity index (χ0v) is 16.4. The molecule has 1 aliphatic heterocycles. The summed E-state index contributed by atoms with van der Waals surface area (Å²) in [5, 5.41) is 1.07. The average Bonchev–Trinajstić information content (AvgIpc) is 2.70. The molecule has 0 aliphatic carbocycles. The Hall–Kier alpha value is -2.92. The number of carbonyl (C=O) groups excluding carboxylic acids is 1. The lowest BCUT2D eigenvalue weighted by Crippen LogP contribution is -2.48. The van der Waals surface area contributed by atoms with Gasteiger partial charge in [-0.15, -0.1) is 0 Å². The van der Waals surface area contributed by atoms with Gasteiger partial charge >= 0.3 is 0 Å². The van der Waals surface area contributed by atoms with E-state index in [0.717, 1.165) is 40.7 Å². The maximum atomic E-state index is 12.6. The molecule has 2 heterocycles. The summed E-state index contributed by atoms with van der Waals surface area (Å²) >= 11 is 0. The number of piperazine rings is 1. The second-order valence-corrected chi connectivity index (χ2v) is 7.60. The van der Waals surface area contributed by atoms with Crippen molar-refractivity contribution in [3.8, 4) is 0 Å². The molecule has 0 saturated carbocycles. The van der Waals surface area contributed by atoms with Gasteiger partial charge < -0.3 is 9.88 Å². The molecule has 5 heteroatoms. The summed E-state index contributed by atoms with van der Waals surface area (Å²) < 4.78 is 0. The molecular weight excluding hydrogens is 350 g/mol. The van der Waals surface area contributed by atoms with Gasteiger partial charge in [-0.1, -0.05) is 29.8 Å². The van der Waals surface area contributed by atoms with Crippen LogP contribution in [0.25, 0.3) is 10.9 Å². The predicted molar refractivity (Wildman–Crippen MR) is 112 cm³/mol. The van der Waals surface area contributed by atoms with Crippen molar-refractivity contribution in [3.05, 3.63) is 81.1 Å². The van der Waals surface area contributed by atoms with Crippen LogP contribution in [0.1, 0.15) is 27.0 Å². The van der Waals surface area contributed by atoms with Gasteiger partial charge in [0, 0.05) is 43.9 Å². The lowest BCUT2D eigenvalue weighted by Gasteiger charge is -2.34. The van der Waals surface area contributed by atoms with Gasteiger partial charge in [-0.2, -0.15) is 0 Å². The van der Waals surface area contributed by atoms with Crippen LogP contribution in [0.2, 0.25) is 0 Å². The smallest absolute Gasteiger partial charge is 0.253 e. The molecule has 0 spiro atoms. The number of pyridine rings is 1. The van der Waals surface area contributed by atoms with Crippen LogP contribution in [-0.2, 0) is 6.54 Å². The van der Waals surface area contributed by atoms with Crippen molar-refractivity contribution >= 4 is 16.8 Å². The van der Waals surface area contributed by atoms with Gasteiger partial charge in [0.2, 0.25) is 0 Å². The minimum atomic E-state index is -0.0257. The van der Waals surface area contributed by atoms with E-state index in [1.807, 2.05) is 48.2 Å². The first-order chi connectivity index (χ1) is 13.5. The fourth-order valence-corrected chi connectivity index (χ4v) is 3.96. The van der Waals surface area contributed by atoms with Gasteiger partial charge in [-0.3, -0.25) is 14.5 Å². The number of aryl methyl sites for hydroxylation is 2.